The summed E-state index contributed by atoms with van der Waals surface area (Å²) < 4.78 is 0. The van der Waals surface area contributed by atoms with E-state index >= 15 is 0 Å². The third-order valence-electron chi connectivity index (χ3n) is 18.8. The van der Waals surface area contributed by atoms with E-state index in [4.69, 9.17) is 34.4 Å². The van der Waals surface area contributed by atoms with Gasteiger partial charge in [0.2, 0.25) is 82.7 Å². The molecule has 1 aromatic heterocycles. The lowest BCUT2D eigenvalue weighted by Crippen LogP contribution is -2.61. The molecule has 0 bridgehead atoms. The molecule has 1 fully saturated rings. The fraction of sp³-hybridized carbons (Fsp3) is 0.662. The van der Waals surface area contributed by atoms with Crippen LogP contribution in [0, 0.1) is 23.7 Å². The predicted molar refractivity (Wildman–Crippen MR) is 445 cm³/mol. The number of hydrogen-bond acceptors (Lipinski definition) is 21. The van der Waals surface area contributed by atoms with Gasteiger partial charge in [0, 0.05) is 44.2 Å². The minimum atomic E-state index is -1.66. The summed E-state index contributed by atoms with van der Waals surface area (Å²) in [6, 6.07) is -10.3. The number of imidazole rings is 1. The number of aromatic nitrogens is 2. The Balaban J connectivity index is 2.34. The number of H-pyrrole nitrogens is 1. The summed E-state index contributed by atoms with van der Waals surface area (Å²) in [6.07, 6.45) is 3.77. The smallest absolute Gasteiger partial charge is 0.303 e. The second-order valence-electron chi connectivity index (χ2n) is 30.9. The van der Waals surface area contributed by atoms with Gasteiger partial charge in [0.15, 0.2) is 11.9 Å². The summed E-state index contributed by atoms with van der Waals surface area (Å²) in [4.78, 5) is 232. The number of nitrogens with zero attached hydrogens (tertiary/aromatic N) is 3. The number of nitrogens with one attached hydrogen (secondary N) is 15. The number of carbonyl (C=O) groups is 15. The lowest BCUT2D eigenvalue weighted by atomic mass is 9.98. The molecular weight excluding hydrogens is 1550 g/mol. The molecule has 0 saturated carbocycles. The van der Waals surface area contributed by atoms with Crippen molar-refractivity contribution in [3.05, 3.63) is 54.1 Å². The van der Waals surface area contributed by atoms with E-state index < -0.39 is 193 Å². The summed E-state index contributed by atoms with van der Waals surface area (Å²) in [7, 11) is 0. The molecule has 1 aromatic carbocycles. The highest BCUT2D eigenvalue weighted by Gasteiger charge is 2.39. The molecule has 660 valence electrons. The lowest BCUT2D eigenvalue weighted by Gasteiger charge is -2.29. The van der Waals surface area contributed by atoms with Crippen molar-refractivity contribution in [2.24, 2.45) is 68.1 Å². The van der Waals surface area contributed by atoms with E-state index in [-0.39, 0.29) is 146 Å². The second kappa shape index (κ2) is 54.3. The first-order valence-electron chi connectivity index (χ1n) is 40.3. The number of aromatic amines is 1. The van der Waals surface area contributed by atoms with E-state index in [0.717, 1.165) is 0 Å². The van der Waals surface area contributed by atoms with E-state index in [9.17, 15) is 77.0 Å². The van der Waals surface area contributed by atoms with Crippen molar-refractivity contribution in [2.75, 3.05) is 44.7 Å². The number of rotatable bonds is 33. The highest BCUT2D eigenvalue weighted by Crippen LogP contribution is 2.17. The molecule has 13 atom stereocenters. The van der Waals surface area contributed by atoms with Crippen LogP contribution in [0.3, 0.4) is 0 Å². The molecule has 2 aromatic rings. The van der Waals surface area contributed by atoms with Crippen LogP contribution in [-0.4, -0.2) is 239 Å². The summed E-state index contributed by atoms with van der Waals surface area (Å²) >= 11 is 1.34. The van der Waals surface area contributed by atoms with Gasteiger partial charge in [0.1, 0.15) is 78.5 Å². The first-order valence-corrected chi connectivity index (χ1v) is 41.7. The molecule has 1 aliphatic heterocycles. The van der Waals surface area contributed by atoms with Crippen LogP contribution in [0.5, 0.6) is 0 Å². The maximum atomic E-state index is 14.9. The van der Waals surface area contributed by atoms with Crippen molar-refractivity contribution in [3.8, 4) is 0 Å². The SMILES string of the molecule is CSCC[C@@H]1NC(=O)[C@H](Cc2ccccc2)NC(=O)[C@H](CC(C)C)NC(=O)[C@H](CC(C)C)NC(=O)[C@H](CCC(=O)O)NC(=O)[C@H](C)NC(=O)[C@H](C(C)C)NC(=O)[C@H](Cc2cnc[nH]2)NC(=O)[C@H](CCCN=C(N)N)NC(=O)[C@H](CCCCN)NC(=O)[C@H](CCCCN)NC(=O)[C@H](CCCN=C(N)N)NC(=O)[C@H](CC(C)C)NC(=O)CNC1=O. The topological polar surface area (TPSA) is 654 Å². The molecule has 28 N–H and O–H groups in total. The monoisotopic (exact) mass is 1680 g/mol. The van der Waals surface area contributed by atoms with Crippen LogP contribution in [0.2, 0.25) is 0 Å². The Labute approximate surface area is 694 Å². The van der Waals surface area contributed by atoms with Crippen LogP contribution in [-0.2, 0) is 84.8 Å². The summed E-state index contributed by atoms with van der Waals surface area (Å²) in [6.45, 7) is 14.6. The molecule has 3 rings (SSSR count). The molecule has 41 heteroatoms. The summed E-state index contributed by atoms with van der Waals surface area (Å²) in [5.74, 6) is -15.7. The van der Waals surface area contributed by atoms with Gasteiger partial charge < -0.3 is 119 Å². The number of aliphatic carboxylic acids is 1. The van der Waals surface area contributed by atoms with Crippen molar-refractivity contribution in [2.45, 2.75) is 256 Å². The van der Waals surface area contributed by atoms with Crippen molar-refractivity contribution in [1.82, 2.24) is 84.4 Å². The van der Waals surface area contributed by atoms with Gasteiger partial charge in [-0.3, -0.25) is 81.9 Å². The standard InChI is InChI=1S/C77H130N24O16S/c1-42(2)34-55-70(112)95-51(24-18-31-85-76(80)81)67(109)93-49(22-14-16-29-78)65(107)92-50(23-15-17-30-79)66(108)94-52(25-19-32-86-77(82)83)68(110)100-59(38-48-39-84-41-88-48)74(116)101-62(45(7)8)75(117)89-46(9)63(105)91-53(26-27-61(103)104)69(111)97-56(35-43(3)4)71(113)98-57(36-44(5)6)72(114)99-58(37-47-20-12-11-13-21-47)73(115)96-54(28-33-118-10)64(106)87-40-60(102)90-55/h11-13,20-21,39,41-46,49-59,62H,14-19,22-38,40,78-79H2,1-10H3,(H,84,88)(H,87,106)(H,89,117)(H,90,102)(H,91,105)(H,92,107)(H,93,109)(H,94,108)(H,95,112)(H,96,115)(H,97,111)(H,98,113)(H,99,114)(H,100,110)(H,101,116)(H,103,104)(H4,80,81,85)(H4,82,83,86)/t46-,49-,50-,51-,52-,53-,54-,55-,56-,57-,58-,59-,62-/m0/s1. The molecule has 118 heavy (non-hydrogen) atoms. The number of carboxylic acids is 1. The number of nitrogens with two attached hydrogens (primary N) is 6. The highest BCUT2D eigenvalue weighted by atomic mass is 32.2. The third kappa shape index (κ3) is 39.5. The number of amides is 14. The van der Waals surface area contributed by atoms with Crippen LogP contribution in [0.4, 0.5) is 0 Å². The number of carbonyl (C=O) groups excluding carboxylic acids is 14. The van der Waals surface area contributed by atoms with Crippen molar-refractivity contribution < 1.29 is 77.0 Å². The van der Waals surface area contributed by atoms with Crippen molar-refractivity contribution in [1.29, 1.82) is 0 Å². The molecule has 40 nitrogen and oxygen atoms in total. The van der Waals surface area contributed by atoms with E-state index in [1.807, 2.05) is 0 Å². The molecule has 1 aliphatic rings. The molecule has 0 spiro atoms. The first kappa shape index (κ1) is 101. The van der Waals surface area contributed by atoms with Gasteiger partial charge in [-0.05, 0) is 158 Å². The zero-order chi connectivity index (χ0) is 88.1. The number of unbranched alkanes of at least 4 members (excludes halogenated alkanes) is 2. The molecule has 0 unspecified atom stereocenters. The Kier molecular flexibility index (Phi) is 46.7. The molecule has 14 amide bonds. The zero-order valence-electron chi connectivity index (χ0n) is 69.6. The van der Waals surface area contributed by atoms with Crippen LogP contribution < -0.4 is 109 Å². The van der Waals surface area contributed by atoms with Gasteiger partial charge in [0.25, 0.3) is 0 Å². The van der Waals surface area contributed by atoms with Crippen molar-refractivity contribution in [3.63, 3.8) is 0 Å². The van der Waals surface area contributed by atoms with Gasteiger partial charge in [-0.1, -0.05) is 85.7 Å². The van der Waals surface area contributed by atoms with Gasteiger partial charge >= 0.3 is 5.97 Å². The fourth-order valence-corrected chi connectivity index (χ4v) is 13.0. The van der Waals surface area contributed by atoms with Gasteiger partial charge in [-0.2, -0.15) is 11.8 Å². The van der Waals surface area contributed by atoms with E-state index in [1.165, 1.54) is 31.2 Å². The Bertz CT molecular complexity index is 3640. The Hall–Kier alpha value is -10.7. The molecule has 0 radical (unpaired) electrons. The van der Waals surface area contributed by atoms with Crippen LogP contribution in [0.25, 0.3) is 0 Å². The predicted octanol–water partition coefficient (Wildman–Crippen LogP) is -3.58. The van der Waals surface area contributed by atoms with Crippen LogP contribution >= 0.6 is 11.8 Å². The van der Waals surface area contributed by atoms with Crippen LogP contribution in [0.1, 0.15) is 176 Å². The van der Waals surface area contributed by atoms with Gasteiger partial charge in [-0.15, -0.1) is 0 Å². The third-order valence-corrected chi connectivity index (χ3v) is 19.5. The highest BCUT2D eigenvalue weighted by molar-refractivity contribution is 7.98. The molecular formula is C77H130N24O16S. The minimum absolute atomic E-state index is 0.00107. The number of aliphatic imine (C=N–C) groups is 2. The number of carboxylic acid groups (broad SMARTS) is 1. The molecule has 2 heterocycles. The number of thioether (sulfide) groups is 1. The second-order valence-corrected chi connectivity index (χ2v) is 31.9. The minimum Gasteiger partial charge on any atom is -0.481 e. The van der Waals surface area contributed by atoms with Crippen molar-refractivity contribution >= 4 is 112 Å². The number of benzene rings is 1. The Morgan fingerprint density at radius 3 is 1.22 bits per heavy atom. The summed E-state index contributed by atoms with van der Waals surface area (Å²) in [5.41, 5.74) is 35.3. The van der Waals surface area contributed by atoms with E-state index in [0.29, 0.717) is 29.9 Å². The van der Waals surface area contributed by atoms with Crippen LogP contribution in [0.15, 0.2) is 52.8 Å². The average Bonchev–Trinajstić information content (AvgIpc) is 1.22. The van der Waals surface area contributed by atoms with E-state index in [2.05, 4.69) is 94.4 Å². The quantitative estimate of drug-likeness (QED) is 0.0187. The lowest BCUT2D eigenvalue weighted by molar-refractivity contribution is -0.139. The molecule has 1 saturated heterocycles. The molecule has 0 aliphatic carbocycles. The maximum absolute atomic E-state index is 14.9. The maximum Gasteiger partial charge on any atom is 0.303 e. The zero-order valence-corrected chi connectivity index (χ0v) is 70.4. The number of guanidine groups is 2. The average molecular weight is 1680 g/mol. The van der Waals surface area contributed by atoms with Gasteiger partial charge in [-0.25, -0.2) is 4.98 Å². The summed E-state index contributed by atoms with van der Waals surface area (Å²) in [5, 5.41) is 47.2. The van der Waals surface area contributed by atoms with Gasteiger partial charge in [0.05, 0.1) is 12.9 Å². The number of hydrogen-bond donors (Lipinski definition) is 22. The first-order chi connectivity index (χ1) is 55.9. The normalized spacial score (nSPS) is 23.8. The Morgan fingerprint density at radius 1 is 0.449 bits per heavy atom. The fourth-order valence-electron chi connectivity index (χ4n) is 12.5. The largest absolute Gasteiger partial charge is 0.481 e. The van der Waals surface area contributed by atoms with E-state index in [1.54, 1.807) is 92.0 Å². The Morgan fingerprint density at radius 2 is 0.822 bits per heavy atom.